The molecule has 0 radical (unpaired) electrons. The van der Waals surface area contributed by atoms with Gasteiger partial charge in [0.25, 0.3) is 0 Å². The minimum atomic E-state index is 0.656. The molecule has 0 aliphatic heterocycles. The largest absolute Gasteiger partial charge is 0.261 e. The maximum atomic E-state index is 4.84. The normalized spacial score (nSPS) is 10.8. The van der Waals surface area contributed by atoms with Gasteiger partial charge < -0.3 is 0 Å². The Labute approximate surface area is 187 Å². The fourth-order valence-electron chi connectivity index (χ4n) is 3.70. The van der Waals surface area contributed by atoms with Crippen molar-refractivity contribution < 1.29 is 0 Å². The van der Waals surface area contributed by atoms with Crippen molar-refractivity contribution in [2.45, 2.75) is 13.8 Å². The highest BCUT2D eigenvalue weighted by atomic mass is 15.0. The summed E-state index contributed by atoms with van der Waals surface area (Å²) in [5, 5.41) is 0. The van der Waals surface area contributed by atoms with Gasteiger partial charge in [-0.25, -0.2) is 15.0 Å². The third-order valence-corrected chi connectivity index (χ3v) is 5.37. The van der Waals surface area contributed by atoms with Gasteiger partial charge in [-0.1, -0.05) is 78.9 Å². The Morgan fingerprint density at radius 2 is 1.00 bits per heavy atom. The quantitative estimate of drug-likeness (QED) is 0.334. The lowest BCUT2D eigenvalue weighted by Gasteiger charge is -2.11. The summed E-state index contributed by atoms with van der Waals surface area (Å²) < 4.78 is 0. The van der Waals surface area contributed by atoms with Gasteiger partial charge in [-0.15, -0.1) is 0 Å². The van der Waals surface area contributed by atoms with Crippen molar-refractivity contribution in [2.75, 3.05) is 0 Å². The van der Waals surface area contributed by atoms with E-state index in [0.717, 1.165) is 33.5 Å². The number of benzene rings is 3. The zero-order chi connectivity index (χ0) is 21.9. The van der Waals surface area contributed by atoms with E-state index in [-0.39, 0.29) is 0 Å². The highest BCUT2D eigenvalue weighted by Gasteiger charge is 2.13. The molecule has 0 aliphatic rings. The second-order valence-electron chi connectivity index (χ2n) is 7.76. The molecule has 4 heteroatoms. The molecule has 0 saturated carbocycles. The Kier molecular flexibility index (Phi) is 5.26. The van der Waals surface area contributed by atoms with E-state index in [0.29, 0.717) is 17.5 Å². The van der Waals surface area contributed by atoms with E-state index in [1.54, 1.807) is 0 Å². The maximum Gasteiger partial charge on any atom is 0.164 e. The standard InChI is InChI=1S/C28H22N4/c1-19-18-29-20(2)16-25(19)23-14-9-15-24(17-23)28-31-26(21-10-5-3-6-11-21)30-27(32-28)22-12-7-4-8-13-22/h3-18H,1-2H3. The minimum absolute atomic E-state index is 0.656. The molecular weight excluding hydrogens is 392 g/mol. The minimum Gasteiger partial charge on any atom is -0.261 e. The highest BCUT2D eigenvalue weighted by molar-refractivity contribution is 5.74. The van der Waals surface area contributed by atoms with E-state index < -0.39 is 0 Å². The number of aromatic nitrogens is 4. The Balaban J connectivity index is 1.67. The molecule has 2 heterocycles. The summed E-state index contributed by atoms with van der Waals surface area (Å²) in [6.45, 7) is 4.09. The van der Waals surface area contributed by atoms with Crippen molar-refractivity contribution in [3.05, 3.63) is 108 Å². The van der Waals surface area contributed by atoms with Crippen molar-refractivity contribution in [1.82, 2.24) is 19.9 Å². The first-order chi connectivity index (χ1) is 15.7. The van der Waals surface area contributed by atoms with Crippen molar-refractivity contribution in [2.24, 2.45) is 0 Å². The summed E-state index contributed by atoms with van der Waals surface area (Å²) in [7, 11) is 0. The predicted octanol–water partition coefficient (Wildman–Crippen LogP) is 6.55. The molecule has 0 aliphatic carbocycles. The van der Waals surface area contributed by atoms with Crippen LogP contribution in [0.5, 0.6) is 0 Å². The monoisotopic (exact) mass is 414 g/mol. The van der Waals surface area contributed by atoms with Crippen LogP contribution in [-0.2, 0) is 0 Å². The fourth-order valence-corrected chi connectivity index (χ4v) is 3.70. The number of hydrogen-bond acceptors (Lipinski definition) is 4. The first-order valence-corrected chi connectivity index (χ1v) is 10.6. The van der Waals surface area contributed by atoms with Crippen LogP contribution in [0.2, 0.25) is 0 Å². The van der Waals surface area contributed by atoms with Crippen molar-refractivity contribution in [3.8, 4) is 45.3 Å². The van der Waals surface area contributed by atoms with Crippen LogP contribution < -0.4 is 0 Å². The molecule has 0 atom stereocenters. The molecule has 0 saturated heterocycles. The van der Waals surface area contributed by atoms with Crippen LogP contribution in [0.25, 0.3) is 45.3 Å². The smallest absolute Gasteiger partial charge is 0.164 e. The molecule has 0 N–H and O–H groups in total. The average Bonchev–Trinajstić information content (AvgIpc) is 2.86. The van der Waals surface area contributed by atoms with E-state index in [1.807, 2.05) is 85.9 Å². The van der Waals surface area contributed by atoms with E-state index >= 15 is 0 Å². The number of rotatable bonds is 4. The van der Waals surface area contributed by atoms with Gasteiger partial charge in [0.1, 0.15) is 0 Å². The van der Waals surface area contributed by atoms with E-state index in [1.165, 1.54) is 5.56 Å². The molecule has 5 aromatic rings. The predicted molar refractivity (Wildman–Crippen MR) is 129 cm³/mol. The van der Waals surface area contributed by atoms with Gasteiger partial charge in [0.2, 0.25) is 0 Å². The summed E-state index contributed by atoms with van der Waals surface area (Å²) in [6, 6.07) is 30.5. The van der Waals surface area contributed by atoms with Crippen LogP contribution >= 0.6 is 0 Å². The average molecular weight is 415 g/mol. The van der Waals surface area contributed by atoms with E-state index in [2.05, 4.69) is 30.1 Å². The maximum absolute atomic E-state index is 4.84. The topological polar surface area (TPSA) is 51.6 Å². The number of aryl methyl sites for hydroxylation is 2. The lowest BCUT2D eigenvalue weighted by atomic mass is 9.99. The summed E-state index contributed by atoms with van der Waals surface area (Å²) in [5.41, 5.74) is 7.30. The third-order valence-electron chi connectivity index (χ3n) is 5.37. The summed E-state index contributed by atoms with van der Waals surface area (Å²) in [5.74, 6) is 1.98. The van der Waals surface area contributed by atoms with Gasteiger partial charge in [0.15, 0.2) is 17.5 Å². The molecule has 5 rings (SSSR count). The van der Waals surface area contributed by atoms with E-state index in [4.69, 9.17) is 15.0 Å². The van der Waals surface area contributed by atoms with Crippen LogP contribution in [0.15, 0.2) is 97.2 Å². The first-order valence-electron chi connectivity index (χ1n) is 10.6. The second kappa shape index (κ2) is 8.52. The van der Waals surface area contributed by atoms with Crippen molar-refractivity contribution in [1.29, 1.82) is 0 Å². The Bertz CT molecular complexity index is 1320. The van der Waals surface area contributed by atoms with Crippen molar-refractivity contribution in [3.63, 3.8) is 0 Å². The Morgan fingerprint density at radius 3 is 1.59 bits per heavy atom. The number of hydrogen-bond donors (Lipinski definition) is 0. The summed E-state index contributed by atoms with van der Waals surface area (Å²) in [6.07, 6.45) is 1.92. The number of nitrogens with zero attached hydrogens (tertiary/aromatic N) is 4. The molecule has 3 aromatic carbocycles. The van der Waals surface area contributed by atoms with Gasteiger partial charge in [0, 0.05) is 28.6 Å². The van der Waals surface area contributed by atoms with Gasteiger partial charge in [-0.3, -0.25) is 4.98 Å². The van der Waals surface area contributed by atoms with Crippen LogP contribution in [0.3, 0.4) is 0 Å². The van der Waals surface area contributed by atoms with Gasteiger partial charge in [-0.2, -0.15) is 0 Å². The van der Waals surface area contributed by atoms with Crippen LogP contribution in [0, 0.1) is 13.8 Å². The SMILES string of the molecule is Cc1cc(-c2cccc(-c3nc(-c4ccccc4)nc(-c4ccccc4)n3)c2)c(C)cn1. The van der Waals surface area contributed by atoms with Crippen LogP contribution in [0.1, 0.15) is 11.3 Å². The third kappa shape index (κ3) is 4.03. The van der Waals surface area contributed by atoms with Crippen LogP contribution in [0.4, 0.5) is 0 Å². The Morgan fingerprint density at radius 1 is 0.500 bits per heavy atom. The first kappa shape index (κ1) is 19.8. The zero-order valence-electron chi connectivity index (χ0n) is 18.0. The van der Waals surface area contributed by atoms with Crippen molar-refractivity contribution >= 4 is 0 Å². The van der Waals surface area contributed by atoms with Gasteiger partial charge >= 0.3 is 0 Å². The highest BCUT2D eigenvalue weighted by Crippen LogP contribution is 2.29. The second-order valence-corrected chi connectivity index (χ2v) is 7.76. The molecule has 4 nitrogen and oxygen atoms in total. The lowest BCUT2D eigenvalue weighted by Crippen LogP contribution is -2.00. The molecule has 0 fully saturated rings. The Hall–Kier alpha value is -4.18. The summed E-state index contributed by atoms with van der Waals surface area (Å²) >= 11 is 0. The number of pyridine rings is 1. The van der Waals surface area contributed by atoms with E-state index in [9.17, 15) is 0 Å². The molecular formula is C28H22N4. The van der Waals surface area contributed by atoms with Crippen LogP contribution in [-0.4, -0.2) is 19.9 Å². The summed E-state index contributed by atoms with van der Waals surface area (Å²) in [4.78, 5) is 18.9. The molecule has 0 unspecified atom stereocenters. The zero-order valence-corrected chi connectivity index (χ0v) is 18.0. The molecule has 0 spiro atoms. The molecule has 0 bridgehead atoms. The molecule has 2 aromatic heterocycles. The molecule has 32 heavy (non-hydrogen) atoms. The molecule has 154 valence electrons. The fraction of sp³-hybridized carbons (Fsp3) is 0.0714. The lowest BCUT2D eigenvalue weighted by molar-refractivity contribution is 1.07. The van der Waals surface area contributed by atoms with Gasteiger partial charge in [0.05, 0.1) is 0 Å². The van der Waals surface area contributed by atoms with Gasteiger partial charge in [-0.05, 0) is 42.7 Å². The molecule has 0 amide bonds.